The van der Waals surface area contributed by atoms with Gasteiger partial charge in [-0.05, 0) is 32.1 Å². The summed E-state index contributed by atoms with van der Waals surface area (Å²) in [6.45, 7) is 8.80. The molecule has 0 aliphatic carbocycles. The van der Waals surface area contributed by atoms with Crippen LogP contribution in [0, 0.1) is 0 Å². The van der Waals surface area contributed by atoms with Crippen LogP contribution in [-0.2, 0) is 4.79 Å². The lowest BCUT2D eigenvalue weighted by Gasteiger charge is -2.26. The Morgan fingerprint density at radius 1 is 1.18 bits per heavy atom. The molecular formula is C17H25ClN2O2. The number of ketones is 1. The highest BCUT2D eigenvalue weighted by atomic mass is 35.5. The van der Waals surface area contributed by atoms with Crippen LogP contribution in [0.3, 0.4) is 0 Å². The minimum absolute atomic E-state index is 0.0978. The van der Waals surface area contributed by atoms with Crippen LogP contribution in [0.2, 0.25) is 5.02 Å². The molecule has 4 nitrogen and oxygen atoms in total. The van der Waals surface area contributed by atoms with Gasteiger partial charge in [0.05, 0.1) is 5.02 Å². The highest BCUT2D eigenvalue weighted by Crippen LogP contribution is 2.17. The third-order valence-corrected chi connectivity index (χ3v) is 4.11. The second kappa shape index (κ2) is 9.59. The molecule has 1 amide bonds. The van der Waals surface area contributed by atoms with E-state index in [4.69, 9.17) is 11.6 Å². The van der Waals surface area contributed by atoms with E-state index in [0.717, 1.165) is 13.1 Å². The predicted molar refractivity (Wildman–Crippen MR) is 90.4 cm³/mol. The van der Waals surface area contributed by atoms with Gasteiger partial charge in [0.25, 0.3) is 0 Å². The first-order valence-corrected chi connectivity index (χ1v) is 8.15. The summed E-state index contributed by atoms with van der Waals surface area (Å²) in [5.41, 5.74) is 0.480. The Morgan fingerprint density at radius 2 is 1.82 bits per heavy atom. The second-order valence-electron chi connectivity index (χ2n) is 5.28. The number of nitrogens with one attached hydrogen (secondary N) is 1. The van der Waals surface area contributed by atoms with E-state index in [1.54, 1.807) is 24.3 Å². The van der Waals surface area contributed by atoms with E-state index in [1.807, 2.05) is 0 Å². The van der Waals surface area contributed by atoms with Gasteiger partial charge in [-0.15, -0.1) is 0 Å². The number of hydrogen-bond acceptors (Lipinski definition) is 3. The lowest BCUT2D eigenvalue weighted by Crippen LogP contribution is -2.42. The Hall–Kier alpha value is -1.39. The molecule has 1 unspecified atom stereocenters. The van der Waals surface area contributed by atoms with E-state index in [-0.39, 0.29) is 24.5 Å². The van der Waals surface area contributed by atoms with Crippen LogP contribution >= 0.6 is 11.6 Å². The van der Waals surface area contributed by atoms with Crippen LogP contribution in [-0.4, -0.2) is 42.3 Å². The van der Waals surface area contributed by atoms with Crippen molar-refractivity contribution in [2.75, 3.05) is 19.6 Å². The fraction of sp³-hybridized carbons (Fsp3) is 0.529. The normalized spacial score (nSPS) is 12.2. The van der Waals surface area contributed by atoms with Gasteiger partial charge in [-0.1, -0.05) is 37.6 Å². The maximum absolute atomic E-state index is 12.0. The summed E-state index contributed by atoms with van der Waals surface area (Å²) in [7, 11) is 0. The number of amides is 1. The van der Waals surface area contributed by atoms with E-state index < -0.39 is 0 Å². The standard InChI is InChI=1S/C17H25ClN2O2/c1-4-20(5-2)13(3)12-19-17(22)11-10-16(21)14-8-6-7-9-15(14)18/h6-9,13H,4-5,10-12H2,1-3H3,(H,19,22). The fourth-order valence-corrected chi connectivity index (χ4v) is 2.62. The molecular weight excluding hydrogens is 300 g/mol. The van der Waals surface area contributed by atoms with E-state index >= 15 is 0 Å². The summed E-state index contributed by atoms with van der Waals surface area (Å²) in [6, 6.07) is 7.20. The smallest absolute Gasteiger partial charge is 0.220 e. The Balaban J connectivity index is 2.37. The molecule has 0 bridgehead atoms. The largest absolute Gasteiger partial charge is 0.355 e. The predicted octanol–water partition coefficient (Wildman–Crippen LogP) is 3.15. The molecule has 0 aliphatic heterocycles. The monoisotopic (exact) mass is 324 g/mol. The molecule has 0 fully saturated rings. The molecule has 0 heterocycles. The first kappa shape index (κ1) is 18.7. The van der Waals surface area contributed by atoms with Crippen LogP contribution in [0.25, 0.3) is 0 Å². The summed E-state index contributed by atoms with van der Waals surface area (Å²) < 4.78 is 0. The van der Waals surface area contributed by atoms with Crippen LogP contribution in [0.15, 0.2) is 24.3 Å². The minimum Gasteiger partial charge on any atom is -0.355 e. The Bertz CT molecular complexity index is 501. The first-order valence-electron chi connectivity index (χ1n) is 7.78. The first-order chi connectivity index (χ1) is 10.5. The van der Waals surface area contributed by atoms with Crippen LogP contribution in [0.5, 0.6) is 0 Å². The molecule has 22 heavy (non-hydrogen) atoms. The quantitative estimate of drug-likeness (QED) is 0.710. The number of benzene rings is 1. The number of carbonyl (C=O) groups is 2. The average Bonchev–Trinajstić information content (AvgIpc) is 2.52. The van der Waals surface area contributed by atoms with Gasteiger partial charge in [0, 0.05) is 31.0 Å². The Labute approximate surface area is 137 Å². The lowest BCUT2D eigenvalue weighted by molar-refractivity contribution is -0.121. The topological polar surface area (TPSA) is 49.4 Å². The van der Waals surface area contributed by atoms with Gasteiger partial charge >= 0.3 is 0 Å². The Kier molecular flexibility index (Phi) is 8.13. The molecule has 122 valence electrons. The molecule has 5 heteroatoms. The van der Waals surface area contributed by atoms with Crippen molar-refractivity contribution in [3.8, 4) is 0 Å². The van der Waals surface area contributed by atoms with E-state index in [2.05, 4.69) is 31.0 Å². The number of carbonyl (C=O) groups excluding carboxylic acids is 2. The number of rotatable bonds is 9. The molecule has 0 radical (unpaired) electrons. The molecule has 1 rings (SSSR count). The molecule has 0 aromatic heterocycles. The number of likely N-dealkylation sites (N-methyl/N-ethyl adjacent to an activating group) is 1. The van der Waals surface area contributed by atoms with E-state index in [0.29, 0.717) is 23.2 Å². The van der Waals surface area contributed by atoms with Gasteiger partial charge in [-0.3, -0.25) is 14.5 Å². The number of hydrogen-bond donors (Lipinski definition) is 1. The maximum Gasteiger partial charge on any atom is 0.220 e. The van der Waals surface area contributed by atoms with Gasteiger partial charge in [0.1, 0.15) is 0 Å². The fourth-order valence-electron chi connectivity index (χ4n) is 2.38. The summed E-state index contributed by atoms with van der Waals surface area (Å²) >= 11 is 5.98. The van der Waals surface area contributed by atoms with Crippen molar-refractivity contribution in [1.82, 2.24) is 10.2 Å². The van der Waals surface area contributed by atoms with E-state index in [1.165, 1.54) is 0 Å². The molecule has 0 spiro atoms. The maximum atomic E-state index is 12.0. The van der Waals surface area contributed by atoms with Crippen LogP contribution in [0.1, 0.15) is 44.0 Å². The zero-order valence-electron chi connectivity index (χ0n) is 13.6. The van der Waals surface area contributed by atoms with Gasteiger partial charge in [0.15, 0.2) is 5.78 Å². The SMILES string of the molecule is CCN(CC)C(C)CNC(=O)CCC(=O)c1ccccc1Cl. The van der Waals surface area contributed by atoms with Crippen molar-refractivity contribution in [3.63, 3.8) is 0 Å². The van der Waals surface area contributed by atoms with Crippen molar-refractivity contribution in [2.24, 2.45) is 0 Å². The van der Waals surface area contributed by atoms with Crippen molar-refractivity contribution in [3.05, 3.63) is 34.9 Å². The van der Waals surface area contributed by atoms with Gasteiger partial charge in [-0.2, -0.15) is 0 Å². The summed E-state index contributed by atoms with van der Waals surface area (Å²) in [4.78, 5) is 26.2. The number of nitrogens with zero attached hydrogens (tertiary/aromatic N) is 1. The van der Waals surface area contributed by atoms with Gasteiger partial charge in [-0.25, -0.2) is 0 Å². The second-order valence-corrected chi connectivity index (χ2v) is 5.68. The highest BCUT2D eigenvalue weighted by Gasteiger charge is 2.14. The zero-order chi connectivity index (χ0) is 16.5. The average molecular weight is 325 g/mol. The molecule has 0 saturated heterocycles. The molecule has 0 saturated carbocycles. The lowest BCUT2D eigenvalue weighted by atomic mass is 10.1. The third-order valence-electron chi connectivity index (χ3n) is 3.78. The molecule has 1 aromatic rings. The molecule has 1 N–H and O–H groups in total. The van der Waals surface area contributed by atoms with Crippen molar-refractivity contribution >= 4 is 23.3 Å². The van der Waals surface area contributed by atoms with Crippen LogP contribution < -0.4 is 5.32 Å². The van der Waals surface area contributed by atoms with Gasteiger partial charge in [0.2, 0.25) is 5.91 Å². The molecule has 1 aromatic carbocycles. The summed E-state index contributed by atoms with van der Waals surface area (Å²) in [5, 5.41) is 3.32. The number of Topliss-reactive ketones (excluding diaryl/α,β-unsaturated/α-hetero) is 1. The molecule has 0 aliphatic rings. The summed E-state index contributed by atoms with van der Waals surface area (Å²) in [5.74, 6) is -0.197. The number of halogens is 1. The molecule has 1 atom stereocenters. The minimum atomic E-state index is -0.0995. The summed E-state index contributed by atoms with van der Waals surface area (Å²) in [6.07, 6.45) is 0.365. The zero-order valence-corrected chi connectivity index (χ0v) is 14.3. The highest BCUT2D eigenvalue weighted by molar-refractivity contribution is 6.34. The van der Waals surface area contributed by atoms with E-state index in [9.17, 15) is 9.59 Å². The van der Waals surface area contributed by atoms with Crippen molar-refractivity contribution < 1.29 is 9.59 Å². The third kappa shape index (κ3) is 5.78. The van der Waals surface area contributed by atoms with Crippen LogP contribution in [0.4, 0.5) is 0 Å². The Morgan fingerprint density at radius 3 is 2.41 bits per heavy atom. The van der Waals surface area contributed by atoms with Gasteiger partial charge < -0.3 is 5.32 Å². The van der Waals surface area contributed by atoms with Crippen molar-refractivity contribution in [1.29, 1.82) is 0 Å². The van der Waals surface area contributed by atoms with Crippen molar-refractivity contribution in [2.45, 2.75) is 39.7 Å².